The van der Waals surface area contributed by atoms with E-state index in [0.717, 1.165) is 44.6 Å². The molecular formula is C23H27N5O. The minimum atomic E-state index is -0.0107. The molecule has 0 aliphatic carbocycles. The summed E-state index contributed by atoms with van der Waals surface area (Å²) in [6.07, 6.45) is 5.38. The van der Waals surface area contributed by atoms with Gasteiger partial charge < -0.3 is 10.2 Å². The van der Waals surface area contributed by atoms with Gasteiger partial charge in [0.25, 0.3) is 5.91 Å². The number of hydrogen-bond acceptors (Lipinski definition) is 4. The fraction of sp³-hybridized carbons (Fsp3) is 0.348. The van der Waals surface area contributed by atoms with Crippen molar-refractivity contribution in [2.45, 2.75) is 19.4 Å². The monoisotopic (exact) mass is 389 g/mol. The lowest BCUT2D eigenvalue weighted by atomic mass is 10.1. The van der Waals surface area contributed by atoms with Crippen LogP contribution in [-0.2, 0) is 13.0 Å². The van der Waals surface area contributed by atoms with Crippen LogP contribution in [0, 0.1) is 5.92 Å². The van der Waals surface area contributed by atoms with Gasteiger partial charge >= 0.3 is 0 Å². The number of nitrogens with one attached hydrogen (secondary N) is 1. The first-order chi connectivity index (χ1) is 14.3. The van der Waals surface area contributed by atoms with Gasteiger partial charge in [-0.25, -0.2) is 9.67 Å². The first-order valence-corrected chi connectivity index (χ1v) is 10.2. The first kappa shape index (κ1) is 19.3. The van der Waals surface area contributed by atoms with Crippen LogP contribution < -0.4 is 5.32 Å². The molecule has 4 rings (SSSR count). The molecule has 0 radical (unpaired) electrons. The zero-order valence-electron chi connectivity index (χ0n) is 16.6. The highest BCUT2D eigenvalue weighted by Gasteiger charge is 2.23. The molecule has 1 saturated heterocycles. The maximum absolute atomic E-state index is 12.8. The van der Waals surface area contributed by atoms with Crippen LogP contribution in [0.3, 0.4) is 0 Å². The summed E-state index contributed by atoms with van der Waals surface area (Å²) in [7, 11) is 0. The Morgan fingerprint density at radius 2 is 1.93 bits per heavy atom. The third kappa shape index (κ3) is 5.29. The van der Waals surface area contributed by atoms with Gasteiger partial charge in [0.2, 0.25) is 0 Å². The van der Waals surface area contributed by atoms with Gasteiger partial charge in [-0.05, 0) is 42.5 Å². The van der Waals surface area contributed by atoms with Gasteiger partial charge in [0.05, 0.1) is 6.54 Å². The molecule has 0 spiro atoms. The van der Waals surface area contributed by atoms with E-state index >= 15 is 0 Å². The van der Waals surface area contributed by atoms with Crippen molar-refractivity contribution in [3.8, 4) is 0 Å². The smallest absolute Gasteiger partial charge is 0.251 e. The lowest BCUT2D eigenvalue weighted by Crippen LogP contribution is -2.32. The van der Waals surface area contributed by atoms with E-state index in [1.54, 1.807) is 11.0 Å². The number of carbonyl (C=O) groups is 1. The van der Waals surface area contributed by atoms with Gasteiger partial charge in [0.15, 0.2) is 0 Å². The van der Waals surface area contributed by atoms with E-state index in [-0.39, 0.29) is 5.91 Å². The van der Waals surface area contributed by atoms with Crippen molar-refractivity contribution in [1.82, 2.24) is 25.0 Å². The fourth-order valence-corrected chi connectivity index (χ4v) is 3.92. The van der Waals surface area contributed by atoms with Crippen molar-refractivity contribution >= 4 is 5.91 Å². The van der Waals surface area contributed by atoms with Crippen molar-refractivity contribution in [3.05, 3.63) is 83.9 Å². The van der Waals surface area contributed by atoms with Crippen LogP contribution in [0.15, 0.2) is 67.3 Å². The van der Waals surface area contributed by atoms with Crippen molar-refractivity contribution in [1.29, 1.82) is 0 Å². The molecule has 1 aromatic heterocycles. The molecule has 1 amide bonds. The molecule has 1 unspecified atom stereocenters. The molecule has 0 saturated carbocycles. The molecule has 1 N–H and O–H groups in total. The molecule has 1 aliphatic heterocycles. The maximum Gasteiger partial charge on any atom is 0.251 e. The predicted octanol–water partition coefficient (Wildman–Crippen LogP) is 2.62. The molecule has 29 heavy (non-hydrogen) atoms. The summed E-state index contributed by atoms with van der Waals surface area (Å²) in [5.74, 6) is 0.501. The quantitative estimate of drug-likeness (QED) is 0.643. The summed E-state index contributed by atoms with van der Waals surface area (Å²) >= 11 is 0. The highest BCUT2D eigenvalue weighted by molar-refractivity contribution is 5.95. The summed E-state index contributed by atoms with van der Waals surface area (Å²) in [5, 5.41) is 7.28. The zero-order valence-corrected chi connectivity index (χ0v) is 16.6. The van der Waals surface area contributed by atoms with Gasteiger partial charge in [-0.3, -0.25) is 4.79 Å². The number of likely N-dealkylation sites (tertiary alicyclic amines) is 1. The maximum atomic E-state index is 12.8. The summed E-state index contributed by atoms with van der Waals surface area (Å²) < 4.78 is 1.73. The average molecular weight is 390 g/mol. The van der Waals surface area contributed by atoms with E-state index < -0.39 is 0 Å². The number of benzene rings is 2. The van der Waals surface area contributed by atoms with Gasteiger partial charge in [-0.2, -0.15) is 5.10 Å². The van der Waals surface area contributed by atoms with Crippen LogP contribution >= 0.6 is 0 Å². The lowest BCUT2D eigenvalue weighted by molar-refractivity contribution is 0.0946. The molecule has 150 valence electrons. The second-order valence-electron chi connectivity index (χ2n) is 7.65. The third-order valence-electron chi connectivity index (χ3n) is 5.54. The van der Waals surface area contributed by atoms with Gasteiger partial charge in [-0.1, -0.05) is 48.5 Å². The Morgan fingerprint density at radius 3 is 2.76 bits per heavy atom. The number of hydrogen-bond donors (Lipinski definition) is 1. The van der Waals surface area contributed by atoms with Crippen LogP contribution in [0.2, 0.25) is 0 Å². The summed E-state index contributed by atoms with van der Waals surface area (Å²) in [6.45, 7) is 4.50. The van der Waals surface area contributed by atoms with Crippen LogP contribution in [0.4, 0.5) is 0 Å². The third-order valence-corrected chi connectivity index (χ3v) is 5.54. The zero-order chi connectivity index (χ0) is 19.9. The van der Waals surface area contributed by atoms with Crippen molar-refractivity contribution in [3.63, 3.8) is 0 Å². The molecule has 1 fully saturated rings. The Bertz CT molecular complexity index is 910. The summed E-state index contributed by atoms with van der Waals surface area (Å²) in [6, 6.07) is 18.3. The second kappa shape index (κ2) is 9.47. The van der Waals surface area contributed by atoms with Crippen LogP contribution in [0.5, 0.6) is 0 Å². The number of aromatic nitrogens is 3. The molecule has 6 nitrogen and oxygen atoms in total. The summed E-state index contributed by atoms with van der Waals surface area (Å²) in [4.78, 5) is 19.2. The number of carbonyl (C=O) groups excluding carboxylic acids is 1. The van der Waals surface area contributed by atoms with Crippen LogP contribution in [0.1, 0.15) is 27.9 Å². The Labute approximate surface area is 171 Å². The van der Waals surface area contributed by atoms with Gasteiger partial charge in [0.1, 0.15) is 12.7 Å². The number of amides is 1. The molecule has 1 aliphatic rings. The number of nitrogens with zero attached hydrogens (tertiary/aromatic N) is 4. The first-order valence-electron chi connectivity index (χ1n) is 10.2. The van der Waals surface area contributed by atoms with Crippen LogP contribution in [0.25, 0.3) is 0 Å². The minimum Gasteiger partial charge on any atom is -0.352 e. The van der Waals surface area contributed by atoms with E-state index in [0.29, 0.717) is 18.0 Å². The largest absolute Gasteiger partial charge is 0.352 e. The molecule has 2 aromatic carbocycles. The predicted molar refractivity (Wildman–Crippen MR) is 113 cm³/mol. The fourth-order valence-electron chi connectivity index (χ4n) is 3.92. The molecule has 3 aromatic rings. The Balaban J connectivity index is 1.26. The molecular weight excluding hydrogens is 362 g/mol. The Hall–Kier alpha value is -2.99. The SMILES string of the molecule is O=C(NCC1CCN(CCc2ccccc2)C1)c1ccccc1Cn1cncn1. The molecule has 1 atom stereocenters. The average Bonchev–Trinajstić information content (AvgIpc) is 3.44. The van der Waals surface area contributed by atoms with E-state index in [1.807, 2.05) is 24.3 Å². The summed E-state index contributed by atoms with van der Waals surface area (Å²) in [5.41, 5.74) is 3.04. The van der Waals surface area contributed by atoms with Crippen molar-refractivity contribution in [2.75, 3.05) is 26.2 Å². The number of rotatable bonds is 8. The standard InChI is InChI=1S/C23H27N5O/c29-23(22-9-5-4-8-21(22)16-28-18-24-17-26-28)25-14-20-11-13-27(15-20)12-10-19-6-2-1-3-7-19/h1-9,17-18,20H,10-16H2,(H,25,29). The highest BCUT2D eigenvalue weighted by atomic mass is 16.1. The molecule has 0 bridgehead atoms. The Kier molecular flexibility index (Phi) is 6.32. The van der Waals surface area contributed by atoms with Crippen molar-refractivity contribution < 1.29 is 4.79 Å². The second-order valence-corrected chi connectivity index (χ2v) is 7.65. The van der Waals surface area contributed by atoms with E-state index in [9.17, 15) is 4.79 Å². The normalized spacial score (nSPS) is 16.8. The van der Waals surface area contributed by atoms with E-state index in [2.05, 4.69) is 50.6 Å². The minimum absolute atomic E-state index is 0.0107. The van der Waals surface area contributed by atoms with Crippen LogP contribution in [-0.4, -0.2) is 51.8 Å². The topological polar surface area (TPSA) is 63.1 Å². The highest BCUT2D eigenvalue weighted by Crippen LogP contribution is 2.17. The Morgan fingerprint density at radius 1 is 1.10 bits per heavy atom. The molecule has 6 heteroatoms. The lowest BCUT2D eigenvalue weighted by Gasteiger charge is -2.17. The van der Waals surface area contributed by atoms with Gasteiger partial charge in [-0.15, -0.1) is 0 Å². The van der Waals surface area contributed by atoms with E-state index in [4.69, 9.17) is 0 Å². The van der Waals surface area contributed by atoms with Crippen molar-refractivity contribution in [2.24, 2.45) is 5.92 Å². The van der Waals surface area contributed by atoms with E-state index in [1.165, 1.54) is 11.9 Å². The molecule has 2 heterocycles. The van der Waals surface area contributed by atoms with Gasteiger partial charge in [0, 0.05) is 25.2 Å².